The van der Waals surface area contributed by atoms with Gasteiger partial charge in [-0.2, -0.15) is 0 Å². The van der Waals surface area contributed by atoms with Gasteiger partial charge in [0.2, 0.25) is 0 Å². The Labute approximate surface area is 87.3 Å². The zero-order valence-electron chi connectivity index (χ0n) is 6.18. The van der Waals surface area contributed by atoms with E-state index in [1.807, 2.05) is 12.1 Å². The molecule has 0 spiro atoms. The lowest BCUT2D eigenvalue weighted by atomic mass is 10.1. The van der Waals surface area contributed by atoms with Crippen LogP contribution in [0.1, 0.15) is 11.6 Å². The van der Waals surface area contributed by atoms with Crippen LogP contribution in [-0.4, -0.2) is 6.61 Å². The summed E-state index contributed by atoms with van der Waals surface area (Å²) in [4.78, 5) is 0. The molecule has 1 aromatic rings. The third-order valence-corrected chi connectivity index (χ3v) is 3.19. The van der Waals surface area contributed by atoms with Gasteiger partial charge in [-0.3, -0.25) is 0 Å². The Bertz CT molecular complexity index is 327. The van der Waals surface area contributed by atoms with Gasteiger partial charge in [0.25, 0.3) is 0 Å². The molecule has 0 bridgehead atoms. The molecule has 2 rings (SSSR count). The number of hydrogen-bond acceptors (Lipinski definition) is 2. The van der Waals surface area contributed by atoms with Crippen LogP contribution in [0, 0.1) is 0 Å². The van der Waals surface area contributed by atoms with E-state index in [4.69, 9.17) is 10.5 Å². The molecule has 12 heavy (non-hydrogen) atoms. The van der Waals surface area contributed by atoms with Crippen molar-refractivity contribution < 1.29 is 4.74 Å². The number of fused-ring (bicyclic) bond motifs is 1. The van der Waals surface area contributed by atoms with Gasteiger partial charge in [0.1, 0.15) is 12.4 Å². The van der Waals surface area contributed by atoms with Crippen molar-refractivity contribution in [2.24, 2.45) is 5.73 Å². The average molecular weight is 293 g/mol. The maximum absolute atomic E-state index is 5.84. The van der Waals surface area contributed by atoms with E-state index in [-0.39, 0.29) is 6.04 Å². The maximum atomic E-state index is 5.84. The summed E-state index contributed by atoms with van der Waals surface area (Å²) >= 11 is 6.85. The van der Waals surface area contributed by atoms with Crippen LogP contribution in [0.2, 0.25) is 0 Å². The lowest BCUT2D eigenvalue weighted by molar-refractivity contribution is 0.331. The summed E-state index contributed by atoms with van der Waals surface area (Å²) in [7, 11) is 0. The first kappa shape index (κ1) is 8.53. The van der Waals surface area contributed by atoms with Gasteiger partial charge in [0.15, 0.2) is 0 Å². The van der Waals surface area contributed by atoms with Gasteiger partial charge >= 0.3 is 0 Å². The van der Waals surface area contributed by atoms with Crippen molar-refractivity contribution in [3.63, 3.8) is 0 Å². The molecule has 2 N–H and O–H groups in total. The van der Waals surface area contributed by atoms with Gasteiger partial charge in [-0.05, 0) is 28.1 Å². The molecule has 0 saturated carbocycles. The lowest BCUT2D eigenvalue weighted by Gasteiger charge is -2.04. The van der Waals surface area contributed by atoms with Crippen molar-refractivity contribution in [3.05, 3.63) is 26.6 Å². The maximum Gasteiger partial charge on any atom is 0.139 e. The van der Waals surface area contributed by atoms with Crippen molar-refractivity contribution >= 4 is 31.9 Å². The van der Waals surface area contributed by atoms with E-state index in [0.29, 0.717) is 6.61 Å². The fraction of sp³-hybridized carbons (Fsp3) is 0.250. The number of benzene rings is 1. The minimum atomic E-state index is -0.00752. The zero-order valence-corrected chi connectivity index (χ0v) is 9.35. The average Bonchev–Trinajstić information content (AvgIpc) is 2.42. The highest BCUT2D eigenvalue weighted by molar-refractivity contribution is 9.11. The van der Waals surface area contributed by atoms with E-state index in [0.717, 1.165) is 20.3 Å². The van der Waals surface area contributed by atoms with Crippen molar-refractivity contribution in [3.8, 4) is 5.75 Å². The van der Waals surface area contributed by atoms with Gasteiger partial charge in [0, 0.05) is 10.0 Å². The number of ether oxygens (including phenoxy) is 1. The first-order chi connectivity index (χ1) is 5.70. The van der Waals surface area contributed by atoms with Gasteiger partial charge < -0.3 is 10.5 Å². The van der Waals surface area contributed by atoms with Crippen LogP contribution < -0.4 is 10.5 Å². The second kappa shape index (κ2) is 3.01. The summed E-state index contributed by atoms with van der Waals surface area (Å²) in [6.45, 7) is 0.566. The summed E-state index contributed by atoms with van der Waals surface area (Å²) < 4.78 is 7.41. The summed E-state index contributed by atoms with van der Waals surface area (Å²) in [6, 6.07) is 3.91. The molecule has 2 nitrogen and oxygen atoms in total. The van der Waals surface area contributed by atoms with Gasteiger partial charge in [-0.15, -0.1) is 0 Å². The fourth-order valence-electron chi connectivity index (χ4n) is 1.30. The first-order valence-corrected chi connectivity index (χ1v) is 5.15. The number of nitrogens with two attached hydrogens (primary N) is 1. The van der Waals surface area contributed by atoms with Crippen LogP contribution in [0.15, 0.2) is 21.1 Å². The van der Waals surface area contributed by atoms with Crippen LogP contribution in [0.5, 0.6) is 5.75 Å². The molecule has 0 aliphatic carbocycles. The SMILES string of the molecule is N[C@H]1COc2c(Br)ccc(Br)c21. The fourth-order valence-corrected chi connectivity index (χ4v) is 2.36. The highest BCUT2D eigenvalue weighted by Gasteiger charge is 2.25. The molecule has 0 amide bonds. The Kier molecular flexibility index (Phi) is 2.14. The highest BCUT2D eigenvalue weighted by Crippen LogP contribution is 2.41. The summed E-state index contributed by atoms with van der Waals surface area (Å²) in [6.07, 6.45) is 0. The Hall–Kier alpha value is -0.0600. The van der Waals surface area contributed by atoms with Crippen molar-refractivity contribution in [1.29, 1.82) is 0 Å². The number of rotatable bonds is 0. The van der Waals surface area contributed by atoms with Crippen LogP contribution in [0.3, 0.4) is 0 Å². The van der Waals surface area contributed by atoms with E-state index in [2.05, 4.69) is 31.9 Å². The Morgan fingerprint density at radius 2 is 2.00 bits per heavy atom. The Balaban J connectivity index is 2.64. The monoisotopic (exact) mass is 291 g/mol. The van der Waals surface area contributed by atoms with E-state index < -0.39 is 0 Å². The van der Waals surface area contributed by atoms with Crippen LogP contribution >= 0.6 is 31.9 Å². The number of hydrogen-bond donors (Lipinski definition) is 1. The molecule has 0 saturated heterocycles. The standard InChI is InChI=1S/C8H7Br2NO/c9-4-1-2-5(10)8-7(4)6(11)3-12-8/h1-2,6H,3,11H2/t6-/m0/s1. The topological polar surface area (TPSA) is 35.2 Å². The van der Waals surface area contributed by atoms with Crippen LogP contribution in [0.4, 0.5) is 0 Å². The molecule has 1 aliphatic heterocycles. The van der Waals surface area contributed by atoms with E-state index in [1.54, 1.807) is 0 Å². The third-order valence-electron chi connectivity index (χ3n) is 1.87. The van der Waals surface area contributed by atoms with Gasteiger partial charge in [-0.25, -0.2) is 0 Å². The molecular formula is C8H7Br2NO. The summed E-state index contributed by atoms with van der Waals surface area (Å²) in [5.41, 5.74) is 6.90. The predicted octanol–water partition coefficient (Wildman–Crippen LogP) is 2.60. The molecule has 4 heteroatoms. The van der Waals surface area contributed by atoms with Gasteiger partial charge in [0.05, 0.1) is 10.5 Å². The predicted molar refractivity (Wildman–Crippen MR) is 54.3 cm³/mol. The smallest absolute Gasteiger partial charge is 0.139 e. The second-order valence-corrected chi connectivity index (χ2v) is 4.40. The normalized spacial score (nSPS) is 20.4. The van der Waals surface area contributed by atoms with E-state index >= 15 is 0 Å². The Morgan fingerprint density at radius 3 is 2.67 bits per heavy atom. The third kappa shape index (κ3) is 1.18. The second-order valence-electron chi connectivity index (χ2n) is 2.69. The van der Waals surface area contributed by atoms with Crippen molar-refractivity contribution in [2.75, 3.05) is 6.61 Å². The van der Waals surface area contributed by atoms with E-state index in [9.17, 15) is 0 Å². The molecule has 0 unspecified atom stereocenters. The Morgan fingerprint density at radius 1 is 1.33 bits per heavy atom. The molecule has 1 aromatic carbocycles. The largest absolute Gasteiger partial charge is 0.490 e. The molecular weight excluding hydrogens is 286 g/mol. The quantitative estimate of drug-likeness (QED) is 0.798. The molecule has 1 atom stereocenters. The summed E-state index contributed by atoms with van der Waals surface area (Å²) in [5.74, 6) is 0.872. The molecule has 1 aliphatic rings. The molecule has 0 aromatic heterocycles. The number of halogens is 2. The minimum absolute atomic E-state index is 0.00752. The van der Waals surface area contributed by atoms with Gasteiger partial charge in [-0.1, -0.05) is 15.9 Å². The molecule has 0 radical (unpaired) electrons. The summed E-state index contributed by atoms with van der Waals surface area (Å²) in [5, 5.41) is 0. The van der Waals surface area contributed by atoms with Crippen molar-refractivity contribution in [1.82, 2.24) is 0 Å². The highest BCUT2D eigenvalue weighted by atomic mass is 79.9. The molecule has 1 heterocycles. The molecule has 64 valence electrons. The first-order valence-electron chi connectivity index (χ1n) is 3.56. The van der Waals surface area contributed by atoms with E-state index in [1.165, 1.54) is 0 Å². The minimum Gasteiger partial charge on any atom is -0.490 e. The lowest BCUT2D eigenvalue weighted by Crippen LogP contribution is -2.11. The van der Waals surface area contributed by atoms with Crippen LogP contribution in [-0.2, 0) is 0 Å². The van der Waals surface area contributed by atoms with Crippen LogP contribution in [0.25, 0.3) is 0 Å². The molecule has 0 fully saturated rings. The zero-order chi connectivity index (χ0) is 8.72. The van der Waals surface area contributed by atoms with Crippen molar-refractivity contribution in [2.45, 2.75) is 6.04 Å².